The van der Waals surface area contributed by atoms with Gasteiger partial charge in [-0.15, -0.1) is 0 Å². The average Bonchev–Trinajstić information content (AvgIpc) is 2.87. The number of likely N-dealkylation sites (tertiary alicyclic amines) is 1. The van der Waals surface area contributed by atoms with Crippen LogP contribution in [0, 0.1) is 5.92 Å². The molecule has 1 saturated heterocycles. The van der Waals surface area contributed by atoms with Gasteiger partial charge in [0.05, 0.1) is 11.9 Å². The number of carbonyl (C=O) groups is 2. The number of anilines is 1. The number of rotatable bonds is 6. The van der Waals surface area contributed by atoms with Crippen molar-refractivity contribution in [2.45, 2.75) is 39.2 Å². The summed E-state index contributed by atoms with van der Waals surface area (Å²) in [6.07, 6.45) is 4.33. The van der Waals surface area contributed by atoms with Crippen LogP contribution in [0.3, 0.4) is 0 Å². The minimum Gasteiger partial charge on any atom is -0.338 e. The van der Waals surface area contributed by atoms with Crippen LogP contribution in [-0.4, -0.2) is 58.8 Å². The summed E-state index contributed by atoms with van der Waals surface area (Å²) in [5.74, 6) is 0.548. The van der Waals surface area contributed by atoms with E-state index in [0.717, 1.165) is 13.1 Å². The van der Waals surface area contributed by atoms with Gasteiger partial charge in [-0.25, -0.2) is 0 Å². The third-order valence-electron chi connectivity index (χ3n) is 4.25. The number of aromatic nitrogens is 1. The van der Waals surface area contributed by atoms with E-state index in [2.05, 4.69) is 36.0 Å². The van der Waals surface area contributed by atoms with E-state index in [0.29, 0.717) is 31.0 Å². The molecule has 1 atom stereocenters. The Morgan fingerprint density at radius 1 is 1.46 bits per heavy atom. The number of hydrogen-bond acceptors (Lipinski definition) is 4. The van der Waals surface area contributed by atoms with E-state index < -0.39 is 0 Å². The molecule has 6 heteroatoms. The van der Waals surface area contributed by atoms with Gasteiger partial charge in [-0.1, -0.05) is 0 Å². The minimum absolute atomic E-state index is 0.0198. The van der Waals surface area contributed by atoms with Gasteiger partial charge >= 0.3 is 0 Å². The average molecular weight is 332 g/mol. The maximum absolute atomic E-state index is 12.1. The largest absolute Gasteiger partial charge is 0.338 e. The Morgan fingerprint density at radius 2 is 2.21 bits per heavy atom. The first-order valence-electron chi connectivity index (χ1n) is 8.44. The fourth-order valence-corrected chi connectivity index (χ4v) is 3.04. The maximum atomic E-state index is 12.1. The second kappa shape index (κ2) is 7.75. The lowest BCUT2D eigenvalue weighted by Gasteiger charge is -2.32. The first-order chi connectivity index (χ1) is 11.3. The smallest absolute Gasteiger partial charge is 0.225 e. The van der Waals surface area contributed by atoms with Crippen molar-refractivity contribution in [2.75, 3.05) is 32.0 Å². The lowest BCUT2D eigenvalue weighted by molar-refractivity contribution is -0.131. The van der Waals surface area contributed by atoms with Crippen molar-refractivity contribution in [3.05, 3.63) is 24.5 Å². The molecule has 1 aliphatic rings. The van der Waals surface area contributed by atoms with Crippen LogP contribution in [-0.2, 0) is 9.59 Å². The Balaban J connectivity index is 1.73. The number of carbonyl (C=O) groups excluding carboxylic acids is 2. The maximum Gasteiger partial charge on any atom is 0.225 e. The highest BCUT2D eigenvalue weighted by atomic mass is 16.2. The van der Waals surface area contributed by atoms with Crippen LogP contribution in [0.25, 0.3) is 0 Å². The Hall–Kier alpha value is -1.95. The number of nitrogens with zero attached hydrogens (tertiary/aromatic N) is 3. The van der Waals surface area contributed by atoms with E-state index in [1.807, 2.05) is 18.0 Å². The van der Waals surface area contributed by atoms with Gasteiger partial charge in [-0.2, -0.15) is 0 Å². The summed E-state index contributed by atoms with van der Waals surface area (Å²) in [6, 6.07) is 3.61. The summed E-state index contributed by atoms with van der Waals surface area (Å²) in [7, 11) is 2.00. The predicted octanol–water partition coefficient (Wildman–Crippen LogP) is 1.99. The van der Waals surface area contributed by atoms with Crippen molar-refractivity contribution in [1.29, 1.82) is 0 Å². The SMILES string of the molecule is CN(CCC(=O)Nc1cccnc1)C[C@H]1CC(=O)N(C(C)(C)C)C1. The topological polar surface area (TPSA) is 65.5 Å². The zero-order valence-corrected chi connectivity index (χ0v) is 15.1. The fourth-order valence-electron chi connectivity index (χ4n) is 3.04. The molecule has 1 aromatic heterocycles. The van der Waals surface area contributed by atoms with Gasteiger partial charge in [0, 0.05) is 44.2 Å². The molecular weight excluding hydrogens is 304 g/mol. The van der Waals surface area contributed by atoms with Gasteiger partial charge < -0.3 is 15.1 Å². The molecular formula is C18H28N4O2. The van der Waals surface area contributed by atoms with Crippen molar-refractivity contribution in [2.24, 2.45) is 5.92 Å². The molecule has 0 bridgehead atoms. The van der Waals surface area contributed by atoms with E-state index in [9.17, 15) is 9.59 Å². The third kappa shape index (κ3) is 5.30. The molecule has 2 heterocycles. The molecule has 1 fully saturated rings. The Kier molecular flexibility index (Phi) is 5.94. The second-order valence-corrected chi connectivity index (χ2v) is 7.55. The molecule has 24 heavy (non-hydrogen) atoms. The van der Waals surface area contributed by atoms with Crippen molar-refractivity contribution in [1.82, 2.24) is 14.8 Å². The van der Waals surface area contributed by atoms with Crippen molar-refractivity contribution in [3.8, 4) is 0 Å². The number of nitrogens with one attached hydrogen (secondary N) is 1. The summed E-state index contributed by atoms with van der Waals surface area (Å²) in [5.41, 5.74) is 0.598. The van der Waals surface area contributed by atoms with Gasteiger partial charge in [0.2, 0.25) is 11.8 Å². The van der Waals surface area contributed by atoms with Crippen molar-refractivity contribution < 1.29 is 9.59 Å². The minimum atomic E-state index is -0.117. The zero-order valence-electron chi connectivity index (χ0n) is 15.1. The number of amides is 2. The van der Waals surface area contributed by atoms with Gasteiger partial charge in [0.15, 0.2) is 0 Å². The molecule has 6 nitrogen and oxygen atoms in total. The standard InChI is InChI=1S/C18H28N4O2/c1-18(2,3)22-13-14(10-17(22)24)12-21(4)9-7-16(23)20-15-6-5-8-19-11-15/h5-6,8,11,14H,7,9-10,12-13H2,1-4H3,(H,20,23)/t14-/m1/s1. The Morgan fingerprint density at radius 3 is 2.79 bits per heavy atom. The van der Waals surface area contributed by atoms with Crippen LogP contribution >= 0.6 is 0 Å². The normalized spacial score (nSPS) is 18.3. The molecule has 2 rings (SSSR count). The van der Waals surface area contributed by atoms with E-state index in [1.54, 1.807) is 18.5 Å². The molecule has 0 saturated carbocycles. The van der Waals surface area contributed by atoms with Crippen molar-refractivity contribution >= 4 is 17.5 Å². The van der Waals surface area contributed by atoms with Gasteiger partial charge in [-0.05, 0) is 45.9 Å². The summed E-state index contributed by atoms with van der Waals surface area (Å²) >= 11 is 0. The van der Waals surface area contributed by atoms with Gasteiger partial charge in [0.1, 0.15) is 0 Å². The highest BCUT2D eigenvalue weighted by Crippen LogP contribution is 2.26. The highest BCUT2D eigenvalue weighted by Gasteiger charge is 2.36. The van der Waals surface area contributed by atoms with E-state index in [1.165, 1.54) is 0 Å². The van der Waals surface area contributed by atoms with Gasteiger partial charge in [-0.3, -0.25) is 14.6 Å². The molecule has 132 valence electrons. The Labute approximate surface area is 144 Å². The molecule has 0 aromatic carbocycles. The molecule has 1 aromatic rings. The predicted molar refractivity (Wildman–Crippen MR) is 94.6 cm³/mol. The lowest BCUT2D eigenvalue weighted by Crippen LogP contribution is -2.42. The Bertz CT molecular complexity index is 568. The lowest BCUT2D eigenvalue weighted by atomic mass is 10.1. The summed E-state index contributed by atoms with van der Waals surface area (Å²) in [5, 5.41) is 2.83. The fraction of sp³-hybridized carbons (Fsp3) is 0.611. The molecule has 0 spiro atoms. The first-order valence-corrected chi connectivity index (χ1v) is 8.44. The van der Waals surface area contributed by atoms with Crippen molar-refractivity contribution in [3.63, 3.8) is 0 Å². The van der Waals surface area contributed by atoms with Crippen LogP contribution in [0.2, 0.25) is 0 Å². The quantitative estimate of drug-likeness (QED) is 0.865. The van der Waals surface area contributed by atoms with Crippen LogP contribution < -0.4 is 5.32 Å². The second-order valence-electron chi connectivity index (χ2n) is 7.55. The number of hydrogen-bond donors (Lipinski definition) is 1. The highest BCUT2D eigenvalue weighted by molar-refractivity contribution is 5.90. The van der Waals surface area contributed by atoms with Crippen LogP contribution in [0.5, 0.6) is 0 Å². The van der Waals surface area contributed by atoms with E-state index in [4.69, 9.17) is 0 Å². The number of pyridine rings is 1. The van der Waals surface area contributed by atoms with E-state index >= 15 is 0 Å². The molecule has 0 unspecified atom stereocenters. The van der Waals surface area contributed by atoms with E-state index in [-0.39, 0.29) is 17.4 Å². The molecule has 0 radical (unpaired) electrons. The molecule has 1 aliphatic heterocycles. The van der Waals surface area contributed by atoms with Crippen LogP contribution in [0.15, 0.2) is 24.5 Å². The van der Waals surface area contributed by atoms with Crippen LogP contribution in [0.4, 0.5) is 5.69 Å². The first kappa shape index (κ1) is 18.4. The third-order valence-corrected chi connectivity index (χ3v) is 4.25. The molecule has 1 N–H and O–H groups in total. The zero-order chi connectivity index (χ0) is 17.7. The molecule has 2 amide bonds. The summed E-state index contributed by atoms with van der Waals surface area (Å²) in [6.45, 7) is 8.51. The van der Waals surface area contributed by atoms with Gasteiger partial charge in [0.25, 0.3) is 0 Å². The van der Waals surface area contributed by atoms with Crippen LogP contribution in [0.1, 0.15) is 33.6 Å². The summed E-state index contributed by atoms with van der Waals surface area (Å²) in [4.78, 5) is 32.1. The molecule has 0 aliphatic carbocycles. The summed E-state index contributed by atoms with van der Waals surface area (Å²) < 4.78 is 0. The monoisotopic (exact) mass is 332 g/mol.